The maximum absolute atomic E-state index is 13.1. The molecule has 0 fully saturated rings. The molecular weight excluding hydrogens is 394 g/mol. The van der Waals surface area contributed by atoms with Crippen LogP contribution in [0.25, 0.3) is 10.9 Å². The Kier molecular flexibility index (Phi) is 6.68. The van der Waals surface area contributed by atoms with Crippen LogP contribution in [0.3, 0.4) is 0 Å². The summed E-state index contributed by atoms with van der Waals surface area (Å²) in [5.41, 5.74) is 3.33. The van der Waals surface area contributed by atoms with Crippen molar-refractivity contribution in [2.45, 2.75) is 46.6 Å². The maximum Gasteiger partial charge on any atom is 0.340 e. The van der Waals surface area contributed by atoms with Crippen molar-refractivity contribution in [2.75, 3.05) is 13.2 Å². The lowest BCUT2D eigenvalue weighted by Gasteiger charge is -2.19. The number of hydrogen-bond acceptors (Lipinski definition) is 5. The van der Waals surface area contributed by atoms with Crippen molar-refractivity contribution in [2.24, 2.45) is 0 Å². The minimum Gasteiger partial charge on any atom is -0.508 e. The first-order valence-corrected chi connectivity index (χ1v) is 10.6. The van der Waals surface area contributed by atoms with Gasteiger partial charge in [0.25, 0.3) is 0 Å². The Morgan fingerprint density at radius 1 is 1.03 bits per heavy atom. The Balaban J connectivity index is 2.39. The van der Waals surface area contributed by atoms with E-state index in [-0.39, 0.29) is 25.0 Å². The van der Waals surface area contributed by atoms with Crippen molar-refractivity contribution >= 4 is 22.8 Å². The maximum atomic E-state index is 13.1. The summed E-state index contributed by atoms with van der Waals surface area (Å²) < 4.78 is 12.8. The molecule has 0 amide bonds. The van der Waals surface area contributed by atoms with Crippen molar-refractivity contribution in [1.82, 2.24) is 4.57 Å². The number of rotatable bonds is 7. The van der Waals surface area contributed by atoms with Gasteiger partial charge < -0.3 is 19.1 Å². The molecule has 1 atom stereocenters. The summed E-state index contributed by atoms with van der Waals surface area (Å²) in [7, 11) is 0. The number of aromatic hydroxyl groups is 1. The Bertz CT molecular complexity index is 1110. The highest BCUT2D eigenvalue weighted by atomic mass is 16.5. The highest BCUT2D eigenvalue weighted by molar-refractivity contribution is 6.08. The number of hydrogen-bond donors (Lipinski definition) is 1. The van der Waals surface area contributed by atoms with Crippen LogP contribution in [0.15, 0.2) is 42.5 Å². The molecule has 0 aliphatic rings. The number of carbonyl (C=O) groups is 2. The molecule has 1 unspecified atom stereocenters. The third-order valence-corrected chi connectivity index (χ3v) is 5.34. The van der Waals surface area contributed by atoms with Gasteiger partial charge in [-0.1, -0.05) is 24.3 Å². The van der Waals surface area contributed by atoms with Crippen LogP contribution in [-0.2, 0) is 14.3 Å². The van der Waals surface area contributed by atoms with Gasteiger partial charge in [-0.25, -0.2) is 4.79 Å². The Hall–Kier alpha value is -3.28. The SMILES string of the molecule is CCOC(=O)c1c(C)n(C(C)C)c2cccc(C(C(=O)OCC)c3cccc(O)c3)c12. The van der Waals surface area contributed by atoms with Crippen LogP contribution in [-0.4, -0.2) is 34.8 Å². The monoisotopic (exact) mass is 423 g/mol. The van der Waals surface area contributed by atoms with E-state index in [1.807, 2.05) is 39.0 Å². The molecule has 0 spiro atoms. The standard InChI is InChI=1S/C25H29NO5/c1-6-30-24(28)21-16(5)26(15(3)4)20-13-9-12-19(23(20)21)22(25(29)31-7-2)17-10-8-11-18(27)14-17/h8-15,22,27H,6-7H2,1-5H3. The van der Waals surface area contributed by atoms with Gasteiger partial charge in [-0.05, 0) is 63.9 Å². The van der Waals surface area contributed by atoms with Gasteiger partial charge in [0.15, 0.2) is 0 Å². The van der Waals surface area contributed by atoms with E-state index in [0.29, 0.717) is 22.1 Å². The second-order valence-electron chi connectivity index (χ2n) is 7.67. The quantitative estimate of drug-likeness (QED) is 0.535. The number of phenolic OH excluding ortho intramolecular Hbond substituents is 1. The summed E-state index contributed by atoms with van der Waals surface area (Å²) in [4.78, 5) is 26.1. The Labute approximate surface area is 182 Å². The van der Waals surface area contributed by atoms with Crippen molar-refractivity contribution in [1.29, 1.82) is 0 Å². The number of esters is 2. The minimum atomic E-state index is -0.800. The number of phenols is 1. The molecule has 3 aromatic rings. The third kappa shape index (κ3) is 4.15. The fourth-order valence-corrected chi connectivity index (χ4v) is 4.24. The van der Waals surface area contributed by atoms with Gasteiger partial charge in [-0.2, -0.15) is 0 Å². The number of nitrogens with zero attached hydrogens (tertiary/aromatic N) is 1. The number of fused-ring (bicyclic) bond motifs is 1. The first-order chi connectivity index (χ1) is 14.8. The zero-order valence-corrected chi connectivity index (χ0v) is 18.6. The fraction of sp³-hybridized carbons (Fsp3) is 0.360. The third-order valence-electron chi connectivity index (χ3n) is 5.34. The van der Waals surface area contributed by atoms with E-state index in [4.69, 9.17) is 9.47 Å². The van der Waals surface area contributed by atoms with E-state index >= 15 is 0 Å². The molecule has 1 N–H and O–H groups in total. The van der Waals surface area contributed by atoms with Gasteiger partial charge in [0.05, 0.1) is 18.8 Å². The normalized spacial score (nSPS) is 12.2. The largest absolute Gasteiger partial charge is 0.508 e. The molecule has 2 aromatic carbocycles. The average molecular weight is 424 g/mol. The van der Waals surface area contributed by atoms with Crippen LogP contribution in [0.1, 0.15) is 66.8 Å². The molecule has 3 rings (SSSR count). The number of carbonyl (C=O) groups excluding carboxylic acids is 2. The van der Waals surface area contributed by atoms with Gasteiger partial charge in [0.1, 0.15) is 11.7 Å². The summed E-state index contributed by atoms with van der Waals surface area (Å²) >= 11 is 0. The highest BCUT2D eigenvalue weighted by Gasteiger charge is 2.31. The topological polar surface area (TPSA) is 77.8 Å². The molecule has 6 heteroatoms. The zero-order chi connectivity index (χ0) is 22.7. The molecule has 6 nitrogen and oxygen atoms in total. The van der Waals surface area contributed by atoms with Crippen LogP contribution in [0.4, 0.5) is 0 Å². The lowest BCUT2D eigenvalue weighted by Crippen LogP contribution is -2.18. The lowest BCUT2D eigenvalue weighted by atomic mass is 9.87. The van der Waals surface area contributed by atoms with Gasteiger partial charge in [-0.15, -0.1) is 0 Å². The minimum absolute atomic E-state index is 0.0560. The molecular formula is C25H29NO5. The summed E-state index contributed by atoms with van der Waals surface area (Å²) in [6.07, 6.45) is 0. The smallest absolute Gasteiger partial charge is 0.340 e. The summed E-state index contributed by atoms with van der Waals surface area (Å²) in [6.45, 7) is 9.98. The summed E-state index contributed by atoms with van der Waals surface area (Å²) in [6, 6.07) is 12.3. The Morgan fingerprint density at radius 3 is 2.32 bits per heavy atom. The van der Waals surface area contributed by atoms with E-state index < -0.39 is 17.9 Å². The predicted molar refractivity (Wildman–Crippen MR) is 120 cm³/mol. The molecule has 0 aliphatic heterocycles. The summed E-state index contributed by atoms with van der Waals surface area (Å²) in [5.74, 6) is -1.60. The van der Waals surface area contributed by atoms with Gasteiger partial charge in [0.2, 0.25) is 0 Å². The van der Waals surface area contributed by atoms with Crippen LogP contribution >= 0.6 is 0 Å². The lowest BCUT2D eigenvalue weighted by molar-refractivity contribution is -0.143. The zero-order valence-electron chi connectivity index (χ0n) is 18.6. The molecule has 1 aromatic heterocycles. The number of ether oxygens (including phenoxy) is 2. The Morgan fingerprint density at radius 2 is 1.71 bits per heavy atom. The van der Waals surface area contributed by atoms with Gasteiger partial charge in [0, 0.05) is 22.6 Å². The summed E-state index contributed by atoms with van der Waals surface area (Å²) in [5, 5.41) is 10.7. The first kappa shape index (κ1) is 22.4. The molecule has 1 heterocycles. The highest BCUT2D eigenvalue weighted by Crippen LogP contribution is 2.38. The second kappa shape index (κ2) is 9.25. The van der Waals surface area contributed by atoms with Gasteiger partial charge in [-0.3, -0.25) is 4.79 Å². The van der Waals surface area contributed by atoms with E-state index in [2.05, 4.69) is 4.57 Å². The average Bonchev–Trinajstić information content (AvgIpc) is 3.01. The van der Waals surface area contributed by atoms with Crippen LogP contribution in [0.5, 0.6) is 5.75 Å². The predicted octanol–water partition coefficient (Wildman–Crippen LogP) is 5.11. The number of benzene rings is 2. The molecule has 0 saturated carbocycles. The van der Waals surface area contributed by atoms with Crippen molar-refractivity contribution in [3.8, 4) is 5.75 Å². The fourth-order valence-electron chi connectivity index (χ4n) is 4.24. The van der Waals surface area contributed by atoms with E-state index in [9.17, 15) is 14.7 Å². The molecule has 31 heavy (non-hydrogen) atoms. The first-order valence-electron chi connectivity index (χ1n) is 10.6. The second-order valence-corrected chi connectivity index (χ2v) is 7.67. The van der Waals surface area contributed by atoms with E-state index in [1.165, 1.54) is 0 Å². The van der Waals surface area contributed by atoms with Crippen LogP contribution in [0, 0.1) is 6.92 Å². The molecule has 0 saturated heterocycles. The molecule has 0 bridgehead atoms. The van der Waals surface area contributed by atoms with E-state index in [0.717, 1.165) is 11.2 Å². The molecule has 0 aliphatic carbocycles. The number of aromatic nitrogens is 1. The van der Waals surface area contributed by atoms with Crippen molar-refractivity contribution in [3.63, 3.8) is 0 Å². The van der Waals surface area contributed by atoms with E-state index in [1.54, 1.807) is 38.1 Å². The van der Waals surface area contributed by atoms with Crippen LogP contribution < -0.4 is 0 Å². The van der Waals surface area contributed by atoms with Crippen molar-refractivity contribution in [3.05, 3.63) is 64.8 Å². The van der Waals surface area contributed by atoms with Crippen molar-refractivity contribution < 1.29 is 24.2 Å². The van der Waals surface area contributed by atoms with Gasteiger partial charge >= 0.3 is 11.9 Å². The molecule has 0 radical (unpaired) electrons. The van der Waals surface area contributed by atoms with Crippen LogP contribution in [0.2, 0.25) is 0 Å². The molecule has 164 valence electrons.